The summed E-state index contributed by atoms with van der Waals surface area (Å²) in [5, 5.41) is 10.3. The van der Waals surface area contributed by atoms with Gasteiger partial charge >= 0.3 is 10.2 Å². The fourth-order valence-corrected chi connectivity index (χ4v) is 5.34. The van der Waals surface area contributed by atoms with E-state index < -0.39 is 26.1 Å². The van der Waals surface area contributed by atoms with Crippen molar-refractivity contribution < 1.29 is 26.7 Å². The lowest BCUT2D eigenvalue weighted by Crippen LogP contribution is -2.30. The van der Waals surface area contributed by atoms with Crippen molar-refractivity contribution in [2.45, 2.75) is 17.4 Å². The Kier molecular flexibility index (Phi) is 4.98. The first kappa shape index (κ1) is 19.3. The Labute approximate surface area is 157 Å². The molecule has 0 bridgehead atoms. The van der Waals surface area contributed by atoms with Gasteiger partial charge in [0.1, 0.15) is 12.0 Å². The third-order valence-corrected chi connectivity index (χ3v) is 6.92. The fraction of sp³-hybridized carbons (Fsp3) is 0.235. The Morgan fingerprint density at radius 3 is 2.56 bits per heavy atom. The number of sulfone groups is 1. The van der Waals surface area contributed by atoms with Crippen LogP contribution in [-0.2, 0) is 31.3 Å². The van der Waals surface area contributed by atoms with Crippen LogP contribution >= 0.6 is 0 Å². The van der Waals surface area contributed by atoms with E-state index in [2.05, 4.69) is 4.72 Å². The van der Waals surface area contributed by atoms with E-state index in [1.54, 1.807) is 24.3 Å². The smallest absolute Gasteiger partial charge is 0.302 e. The maximum Gasteiger partial charge on any atom is 0.302 e. The van der Waals surface area contributed by atoms with Gasteiger partial charge in [-0.1, -0.05) is 24.3 Å². The van der Waals surface area contributed by atoms with Gasteiger partial charge in [-0.3, -0.25) is 4.31 Å². The Morgan fingerprint density at radius 1 is 1.26 bits per heavy atom. The van der Waals surface area contributed by atoms with Crippen molar-refractivity contribution in [1.29, 1.82) is 0 Å². The van der Waals surface area contributed by atoms with E-state index in [4.69, 9.17) is 0 Å². The van der Waals surface area contributed by atoms with E-state index in [0.29, 0.717) is 17.4 Å². The number of anilines is 1. The number of hydrogen-bond acceptors (Lipinski definition) is 6. The van der Waals surface area contributed by atoms with Gasteiger partial charge < -0.3 is 9.90 Å². The van der Waals surface area contributed by atoms with Crippen molar-refractivity contribution in [3.05, 3.63) is 53.6 Å². The van der Waals surface area contributed by atoms with Gasteiger partial charge in [-0.25, -0.2) is 8.42 Å². The molecule has 0 aliphatic carbocycles. The van der Waals surface area contributed by atoms with Crippen molar-refractivity contribution in [2.75, 3.05) is 17.1 Å². The zero-order valence-corrected chi connectivity index (χ0v) is 16.0. The standard InChI is InChI=1S/C17H18N2O6S2/c1-26(22,23)17-5-3-2-4-13(17)8-12-6-7-15(16(21)9-12)19-10-14(11-20)18-27(19,24)25/h2-7,9,11,14,18,21H,8,10H2,1H3. The fourth-order valence-electron chi connectivity index (χ4n) is 2.99. The molecule has 0 spiro atoms. The van der Waals surface area contributed by atoms with Gasteiger partial charge in [0.15, 0.2) is 9.84 Å². The topological polar surface area (TPSA) is 121 Å². The number of phenolic OH excluding ortho intramolecular Hbond substituents is 1. The van der Waals surface area contributed by atoms with Crippen LogP contribution in [0.3, 0.4) is 0 Å². The summed E-state index contributed by atoms with van der Waals surface area (Å²) in [5.74, 6) is -0.277. The molecule has 3 rings (SSSR count). The number of nitrogens with one attached hydrogen (secondary N) is 1. The molecule has 1 atom stereocenters. The van der Waals surface area contributed by atoms with Crippen molar-refractivity contribution in [3.8, 4) is 5.75 Å². The molecule has 2 aromatic carbocycles. The first-order valence-electron chi connectivity index (χ1n) is 7.97. The zero-order chi connectivity index (χ0) is 19.8. The molecule has 10 heteroatoms. The average Bonchev–Trinajstić information content (AvgIpc) is 2.89. The number of carbonyl (C=O) groups is 1. The minimum Gasteiger partial charge on any atom is -0.506 e. The summed E-state index contributed by atoms with van der Waals surface area (Å²) in [5.41, 5.74) is 1.24. The molecule has 0 saturated carbocycles. The second-order valence-corrected chi connectivity index (χ2v) is 9.89. The van der Waals surface area contributed by atoms with Crippen LogP contribution < -0.4 is 9.03 Å². The van der Waals surface area contributed by atoms with Crippen LogP contribution in [0.15, 0.2) is 47.4 Å². The normalized spacial score (nSPS) is 19.1. The minimum absolute atomic E-state index is 0.0481. The summed E-state index contributed by atoms with van der Waals surface area (Å²) in [6.07, 6.45) is 1.87. The third kappa shape index (κ3) is 3.97. The lowest BCUT2D eigenvalue weighted by molar-refractivity contribution is -0.108. The first-order chi connectivity index (χ1) is 12.6. The summed E-state index contributed by atoms with van der Waals surface area (Å²) in [4.78, 5) is 11.1. The maximum absolute atomic E-state index is 12.1. The van der Waals surface area contributed by atoms with Crippen molar-refractivity contribution in [3.63, 3.8) is 0 Å². The molecule has 1 fully saturated rings. The van der Waals surface area contributed by atoms with Gasteiger partial charge in [0, 0.05) is 6.26 Å². The van der Waals surface area contributed by atoms with Crippen molar-refractivity contribution >= 4 is 32.0 Å². The zero-order valence-electron chi connectivity index (χ0n) is 14.4. The molecule has 1 unspecified atom stereocenters. The van der Waals surface area contributed by atoms with E-state index in [1.165, 1.54) is 18.2 Å². The van der Waals surface area contributed by atoms with Crippen LogP contribution in [0.2, 0.25) is 0 Å². The van der Waals surface area contributed by atoms with E-state index in [-0.39, 0.29) is 29.3 Å². The quantitative estimate of drug-likeness (QED) is 0.697. The van der Waals surface area contributed by atoms with Crippen molar-refractivity contribution in [2.24, 2.45) is 0 Å². The van der Waals surface area contributed by atoms with Crippen LogP contribution in [0.4, 0.5) is 5.69 Å². The summed E-state index contributed by atoms with van der Waals surface area (Å²) in [7, 11) is -7.31. The Morgan fingerprint density at radius 2 is 1.96 bits per heavy atom. The van der Waals surface area contributed by atoms with Crippen molar-refractivity contribution in [1.82, 2.24) is 4.72 Å². The van der Waals surface area contributed by atoms with E-state index in [1.807, 2.05) is 0 Å². The molecule has 1 heterocycles. The van der Waals surface area contributed by atoms with Gasteiger partial charge in [0.25, 0.3) is 0 Å². The summed E-state index contributed by atoms with van der Waals surface area (Å²) in [6.45, 7) is -0.115. The van der Waals surface area contributed by atoms with Gasteiger partial charge in [0.05, 0.1) is 23.2 Å². The van der Waals surface area contributed by atoms with Gasteiger partial charge in [0.2, 0.25) is 0 Å². The molecule has 0 radical (unpaired) electrons. The predicted molar refractivity (Wildman–Crippen MR) is 99.7 cm³/mol. The average molecular weight is 410 g/mol. The number of rotatable bonds is 5. The second kappa shape index (κ2) is 6.95. The molecule has 1 aliphatic heterocycles. The van der Waals surface area contributed by atoms with E-state index in [0.717, 1.165) is 10.6 Å². The van der Waals surface area contributed by atoms with Crippen LogP contribution in [0.1, 0.15) is 11.1 Å². The number of benzene rings is 2. The SMILES string of the molecule is CS(=O)(=O)c1ccccc1Cc1ccc(N2CC(C=O)NS2(=O)=O)c(O)c1. The molecule has 27 heavy (non-hydrogen) atoms. The molecule has 144 valence electrons. The number of phenols is 1. The van der Waals surface area contributed by atoms with Crippen LogP contribution in [0.5, 0.6) is 5.75 Å². The first-order valence-corrected chi connectivity index (χ1v) is 11.3. The Hall–Kier alpha value is -2.43. The molecular weight excluding hydrogens is 392 g/mol. The molecule has 2 N–H and O–H groups in total. The lowest BCUT2D eigenvalue weighted by Gasteiger charge is -2.18. The number of aldehydes is 1. The molecular formula is C17H18N2O6S2. The highest BCUT2D eigenvalue weighted by Gasteiger charge is 2.36. The van der Waals surface area contributed by atoms with E-state index in [9.17, 15) is 26.7 Å². The molecule has 1 aliphatic rings. The third-order valence-electron chi connectivity index (χ3n) is 4.19. The maximum atomic E-state index is 12.1. The largest absolute Gasteiger partial charge is 0.506 e. The minimum atomic E-state index is -3.91. The summed E-state index contributed by atoms with van der Waals surface area (Å²) < 4.78 is 51.1. The second-order valence-electron chi connectivity index (χ2n) is 6.28. The monoisotopic (exact) mass is 410 g/mol. The number of nitrogens with zero attached hydrogens (tertiary/aromatic N) is 1. The van der Waals surface area contributed by atoms with Crippen LogP contribution in [0.25, 0.3) is 0 Å². The van der Waals surface area contributed by atoms with Crippen LogP contribution in [-0.4, -0.2) is 47.1 Å². The van der Waals surface area contributed by atoms with Gasteiger partial charge in [-0.2, -0.15) is 13.1 Å². The van der Waals surface area contributed by atoms with Gasteiger partial charge in [-0.05, 0) is 35.7 Å². The predicted octanol–water partition coefficient (Wildman–Crippen LogP) is 0.608. The van der Waals surface area contributed by atoms with E-state index >= 15 is 0 Å². The molecule has 0 aromatic heterocycles. The molecule has 2 aromatic rings. The highest BCUT2D eigenvalue weighted by molar-refractivity contribution is 7.91. The molecule has 1 saturated heterocycles. The Bertz CT molecular complexity index is 1100. The summed E-state index contributed by atoms with van der Waals surface area (Å²) in [6, 6.07) is 10.1. The summed E-state index contributed by atoms with van der Waals surface area (Å²) >= 11 is 0. The highest BCUT2D eigenvalue weighted by Crippen LogP contribution is 2.33. The van der Waals surface area contributed by atoms with Crippen LogP contribution in [0, 0.1) is 0 Å². The Balaban J connectivity index is 1.92. The molecule has 8 nitrogen and oxygen atoms in total. The number of carbonyl (C=O) groups excluding carboxylic acids is 1. The highest BCUT2D eigenvalue weighted by atomic mass is 32.2. The van der Waals surface area contributed by atoms with Gasteiger partial charge in [-0.15, -0.1) is 0 Å². The molecule has 0 amide bonds. The number of hydrogen-bond donors (Lipinski definition) is 2. The lowest BCUT2D eigenvalue weighted by atomic mass is 10.0. The number of aromatic hydroxyl groups is 1.